The maximum absolute atomic E-state index is 4.94. The van der Waals surface area contributed by atoms with Crippen molar-refractivity contribution in [2.45, 2.75) is 52.6 Å². The Kier molecular flexibility index (Phi) is 7.54. The predicted molar refractivity (Wildman–Crippen MR) is 92.4 cm³/mol. The molecule has 0 aliphatic heterocycles. The molecule has 1 aromatic carbocycles. The summed E-state index contributed by atoms with van der Waals surface area (Å²) in [5, 5.41) is 0. The molecule has 0 saturated carbocycles. The fourth-order valence-corrected chi connectivity index (χ4v) is 3.41. The molecule has 2 nitrogen and oxygen atoms in total. The molecule has 0 spiro atoms. The Morgan fingerprint density at radius 3 is 1.85 bits per heavy atom. The Hall–Kier alpha value is -0.279. The molecule has 0 bridgehead atoms. The summed E-state index contributed by atoms with van der Waals surface area (Å²) in [6.07, 6.45) is 1.08. The van der Waals surface area contributed by atoms with Crippen LogP contribution in [0, 0.1) is 0 Å². The zero-order valence-corrected chi connectivity index (χ0v) is 16.4. The summed E-state index contributed by atoms with van der Waals surface area (Å²) in [5.74, 6) is 0.973. The van der Waals surface area contributed by atoms with Crippen molar-refractivity contribution >= 4 is 22.3 Å². The van der Waals surface area contributed by atoms with Gasteiger partial charge in [0.15, 0.2) is 0 Å². The Bertz CT molecular complexity index is 442. The molecule has 0 aliphatic carbocycles. The molecule has 0 heterocycles. The second-order valence-electron chi connectivity index (χ2n) is 6.94. The van der Waals surface area contributed by atoms with E-state index in [0.717, 1.165) is 12.3 Å². The topological polar surface area (TPSA) is 26.5 Å². The van der Waals surface area contributed by atoms with Crippen LogP contribution < -0.4 is 18.9 Å². The smallest absolute Gasteiger partial charge is 0.472 e. The van der Waals surface area contributed by atoms with E-state index < -0.39 is 16.5 Å². The van der Waals surface area contributed by atoms with E-state index in [-0.39, 0.29) is 18.9 Å². The zero-order valence-electron chi connectivity index (χ0n) is 14.4. The first-order chi connectivity index (χ1) is 8.61. The van der Waals surface area contributed by atoms with E-state index in [1.807, 2.05) is 0 Å². The van der Waals surface area contributed by atoms with E-state index in [1.54, 1.807) is 0 Å². The predicted octanol–water partition coefficient (Wildman–Crippen LogP) is 2.04. The van der Waals surface area contributed by atoms with Crippen LogP contribution >= 0.6 is 0 Å². The summed E-state index contributed by atoms with van der Waals surface area (Å²) >= 11 is 0. The number of aryl methyl sites for hydroxylation is 1. The van der Waals surface area contributed by atoms with Gasteiger partial charge in [-0.1, -0.05) is 76.3 Å². The summed E-state index contributed by atoms with van der Waals surface area (Å²) in [4.78, 5) is 4.94. The molecule has 20 heavy (non-hydrogen) atoms. The van der Waals surface area contributed by atoms with Gasteiger partial charge in [-0.3, -0.25) is 0 Å². The molecule has 0 radical (unpaired) electrons. The zero-order chi connectivity index (χ0) is 14.7. The summed E-state index contributed by atoms with van der Waals surface area (Å²) in [6.45, 7) is 15.7. The third-order valence-corrected chi connectivity index (χ3v) is 4.27. The van der Waals surface area contributed by atoms with Crippen LogP contribution in [0.25, 0.3) is 4.98 Å². The average Bonchev–Trinajstić information content (AvgIpc) is 2.24. The Balaban J connectivity index is 0.00000361. The molecular formula is C15H27LiN2Si2. The molecule has 0 aromatic heterocycles. The molecule has 0 unspecified atom stereocenters. The molecule has 0 saturated heterocycles. The minimum absolute atomic E-state index is 0. The van der Waals surface area contributed by atoms with Gasteiger partial charge in [-0.2, -0.15) is 0 Å². The number of benzene rings is 1. The van der Waals surface area contributed by atoms with Gasteiger partial charge in [0.05, 0.1) is 0 Å². The van der Waals surface area contributed by atoms with Gasteiger partial charge in [0.1, 0.15) is 0 Å². The van der Waals surface area contributed by atoms with Crippen LogP contribution in [-0.4, -0.2) is 22.3 Å². The van der Waals surface area contributed by atoms with Gasteiger partial charge in [0.25, 0.3) is 0 Å². The standard InChI is InChI=1S/C15H27N2Si2.Li/c1-8-13-9-11-14(12-10-13)15(16-18(2,3)4)17-19(5,6)7;/h9-12H,8H2,1-7H3;/q-1;+1. The van der Waals surface area contributed by atoms with E-state index in [2.05, 4.69) is 70.5 Å². The molecule has 0 aliphatic rings. The minimum Gasteiger partial charge on any atom is -0.472 e. The summed E-state index contributed by atoms with van der Waals surface area (Å²) in [7, 11) is -3.02. The number of hydrogen-bond donors (Lipinski definition) is 0. The second-order valence-corrected chi connectivity index (χ2v) is 16.1. The maximum Gasteiger partial charge on any atom is 1.00 e. The molecular weight excluding hydrogens is 271 g/mol. The van der Waals surface area contributed by atoms with Gasteiger partial charge in [0.2, 0.25) is 0 Å². The van der Waals surface area contributed by atoms with Crippen molar-refractivity contribution in [3.05, 3.63) is 40.4 Å². The summed E-state index contributed by atoms with van der Waals surface area (Å²) in [6, 6.07) is 8.71. The molecule has 0 fully saturated rings. The van der Waals surface area contributed by atoms with Gasteiger partial charge in [-0.15, -0.1) is 0 Å². The third-order valence-electron chi connectivity index (χ3n) is 2.50. The summed E-state index contributed by atoms with van der Waals surface area (Å²) in [5.41, 5.74) is 2.53. The van der Waals surface area contributed by atoms with Crippen molar-refractivity contribution in [1.82, 2.24) is 0 Å². The number of rotatable bonds is 4. The van der Waals surface area contributed by atoms with Gasteiger partial charge < -0.3 is 9.64 Å². The van der Waals surface area contributed by atoms with E-state index >= 15 is 0 Å². The first kappa shape index (κ1) is 19.7. The Labute approximate surface area is 138 Å². The van der Waals surface area contributed by atoms with E-state index in [0.29, 0.717) is 0 Å². The molecule has 5 heteroatoms. The van der Waals surface area contributed by atoms with Crippen LogP contribution in [0.2, 0.25) is 39.3 Å². The van der Waals surface area contributed by atoms with Gasteiger partial charge in [0, 0.05) is 16.5 Å². The fraction of sp³-hybridized carbons (Fsp3) is 0.533. The third kappa shape index (κ3) is 7.49. The van der Waals surface area contributed by atoms with Crippen molar-refractivity contribution in [2.75, 3.05) is 0 Å². The van der Waals surface area contributed by atoms with Crippen LogP contribution in [0.5, 0.6) is 0 Å². The largest absolute Gasteiger partial charge is 1.00 e. The normalized spacial score (nSPS) is 12.8. The molecule has 0 atom stereocenters. The van der Waals surface area contributed by atoms with E-state index in [9.17, 15) is 0 Å². The van der Waals surface area contributed by atoms with E-state index in [4.69, 9.17) is 9.64 Å². The molecule has 106 valence electrons. The Morgan fingerprint density at radius 2 is 1.50 bits per heavy atom. The van der Waals surface area contributed by atoms with Gasteiger partial charge in [-0.05, 0) is 17.5 Å². The summed E-state index contributed by atoms with van der Waals surface area (Å²) < 4.78 is 4.94. The van der Waals surface area contributed by atoms with Crippen LogP contribution in [0.15, 0.2) is 28.9 Å². The second kappa shape index (κ2) is 7.65. The van der Waals surface area contributed by atoms with Crippen molar-refractivity contribution in [3.63, 3.8) is 0 Å². The van der Waals surface area contributed by atoms with Gasteiger partial charge in [-0.25, -0.2) is 0 Å². The average molecular weight is 299 g/mol. The SMILES string of the molecule is CCc1ccc(/C(=N/[Si](C)(C)C)[N-][Si](C)(C)C)cc1.[Li+]. The van der Waals surface area contributed by atoms with E-state index in [1.165, 1.54) is 11.1 Å². The molecule has 0 amide bonds. The van der Waals surface area contributed by atoms with Gasteiger partial charge >= 0.3 is 18.9 Å². The van der Waals surface area contributed by atoms with Crippen LogP contribution in [0.3, 0.4) is 0 Å². The molecule has 1 aromatic rings. The Morgan fingerprint density at radius 1 is 1.00 bits per heavy atom. The monoisotopic (exact) mass is 298 g/mol. The number of hydrogen-bond acceptors (Lipinski definition) is 1. The van der Waals surface area contributed by atoms with Crippen LogP contribution in [0.4, 0.5) is 0 Å². The van der Waals surface area contributed by atoms with Crippen LogP contribution in [-0.2, 0) is 6.42 Å². The van der Waals surface area contributed by atoms with Crippen LogP contribution in [0.1, 0.15) is 18.1 Å². The maximum atomic E-state index is 4.94. The minimum atomic E-state index is -1.51. The first-order valence-corrected chi connectivity index (χ1v) is 13.9. The first-order valence-electron chi connectivity index (χ1n) is 7.03. The fourth-order valence-electron chi connectivity index (χ4n) is 1.68. The number of amidine groups is 1. The quantitative estimate of drug-likeness (QED) is 0.462. The van der Waals surface area contributed by atoms with Crippen molar-refractivity contribution in [3.8, 4) is 0 Å². The van der Waals surface area contributed by atoms with Crippen molar-refractivity contribution in [2.24, 2.45) is 4.66 Å². The molecule has 1 rings (SSSR count). The van der Waals surface area contributed by atoms with Crippen molar-refractivity contribution in [1.29, 1.82) is 0 Å². The van der Waals surface area contributed by atoms with Crippen molar-refractivity contribution < 1.29 is 18.9 Å². The number of nitrogens with zero attached hydrogens (tertiary/aromatic N) is 2. The molecule has 0 N–H and O–H groups in total.